The van der Waals surface area contributed by atoms with Crippen molar-refractivity contribution in [2.45, 2.75) is 37.8 Å². The van der Waals surface area contributed by atoms with Gasteiger partial charge in [0.05, 0.1) is 12.1 Å². The summed E-state index contributed by atoms with van der Waals surface area (Å²) in [6.07, 6.45) is 9.47. The zero-order valence-electron chi connectivity index (χ0n) is 10.1. The number of halogens is 1. The zero-order valence-corrected chi connectivity index (χ0v) is 11.7. The molecule has 0 aromatic rings. The fourth-order valence-electron chi connectivity index (χ4n) is 2.72. The summed E-state index contributed by atoms with van der Waals surface area (Å²) in [5, 5.41) is 9.23. The van der Waals surface area contributed by atoms with Gasteiger partial charge in [0.25, 0.3) is 0 Å². The first-order chi connectivity index (χ1) is 7.67. The number of nitrogens with two attached hydrogens (primary N) is 1. The monoisotopic (exact) mass is 273 g/mol. The minimum absolute atomic E-state index is 0. The molecular formula is C12H20ClN3S. The van der Waals surface area contributed by atoms with E-state index in [4.69, 9.17) is 10.7 Å². The SMILES string of the molecule is CS1(C2=NC3CCCCC3N2)C=CC(N)=C1.Cl. The number of nitrogens with zero attached hydrogens (tertiary/aromatic N) is 1. The van der Waals surface area contributed by atoms with Gasteiger partial charge in [0.15, 0.2) is 0 Å². The Morgan fingerprint density at radius 1 is 1.41 bits per heavy atom. The van der Waals surface area contributed by atoms with Gasteiger partial charge in [-0.25, -0.2) is 0 Å². The Bertz CT molecular complexity index is 405. The number of rotatable bonds is 0. The minimum Gasteiger partial charge on any atom is -0.398 e. The van der Waals surface area contributed by atoms with Gasteiger partial charge in [0, 0.05) is 5.70 Å². The fraction of sp³-hybridized carbons (Fsp3) is 0.583. The molecule has 0 amide bonds. The average molecular weight is 274 g/mol. The van der Waals surface area contributed by atoms with E-state index in [0.717, 1.165) is 5.70 Å². The summed E-state index contributed by atoms with van der Waals surface area (Å²) in [5.74, 6) is 0. The van der Waals surface area contributed by atoms with Crippen molar-refractivity contribution < 1.29 is 0 Å². The van der Waals surface area contributed by atoms with Gasteiger partial charge in [-0.15, -0.1) is 22.4 Å². The normalized spacial score (nSPS) is 42.6. The minimum atomic E-state index is -1.02. The molecule has 5 heteroatoms. The van der Waals surface area contributed by atoms with E-state index in [0.29, 0.717) is 12.1 Å². The van der Waals surface area contributed by atoms with Gasteiger partial charge in [0.1, 0.15) is 5.17 Å². The molecule has 3 unspecified atom stereocenters. The lowest BCUT2D eigenvalue weighted by Gasteiger charge is -2.28. The zero-order chi connectivity index (χ0) is 11.2. The topological polar surface area (TPSA) is 50.4 Å². The molecule has 3 aliphatic rings. The van der Waals surface area contributed by atoms with E-state index in [1.165, 1.54) is 30.9 Å². The van der Waals surface area contributed by atoms with Gasteiger partial charge >= 0.3 is 0 Å². The molecule has 3 N–H and O–H groups in total. The Kier molecular flexibility index (Phi) is 3.46. The van der Waals surface area contributed by atoms with Gasteiger partial charge < -0.3 is 11.1 Å². The first-order valence-electron chi connectivity index (χ1n) is 5.95. The van der Waals surface area contributed by atoms with Crippen molar-refractivity contribution in [1.82, 2.24) is 5.32 Å². The number of hydrogen-bond donors (Lipinski definition) is 2. The van der Waals surface area contributed by atoms with Gasteiger partial charge in [-0.05, 0) is 36.0 Å². The van der Waals surface area contributed by atoms with Crippen LogP contribution in [-0.2, 0) is 0 Å². The summed E-state index contributed by atoms with van der Waals surface area (Å²) in [6.45, 7) is 0. The summed E-state index contributed by atoms with van der Waals surface area (Å²) < 4.78 is 0. The van der Waals surface area contributed by atoms with Crippen LogP contribution in [0.15, 0.2) is 27.6 Å². The van der Waals surface area contributed by atoms with Gasteiger partial charge in [-0.2, -0.15) is 0 Å². The molecule has 17 heavy (non-hydrogen) atoms. The number of amidine groups is 1. The number of aliphatic imine (C=N–C) groups is 1. The second-order valence-corrected chi connectivity index (χ2v) is 7.99. The van der Waals surface area contributed by atoms with Crippen LogP contribution in [0.3, 0.4) is 0 Å². The van der Waals surface area contributed by atoms with Gasteiger partial charge in [-0.1, -0.05) is 12.8 Å². The molecule has 0 aromatic heterocycles. The van der Waals surface area contributed by atoms with E-state index < -0.39 is 10.0 Å². The van der Waals surface area contributed by atoms with Crippen LogP contribution in [0.5, 0.6) is 0 Å². The van der Waals surface area contributed by atoms with Crippen molar-refractivity contribution in [1.29, 1.82) is 0 Å². The summed E-state index contributed by atoms with van der Waals surface area (Å²) in [7, 11) is -1.02. The van der Waals surface area contributed by atoms with Crippen LogP contribution in [0.25, 0.3) is 0 Å². The Balaban J connectivity index is 0.00000108. The van der Waals surface area contributed by atoms with Crippen LogP contribution in [0.2, 0.25) is 0 Å². The summed E-state index contributed by atoms with van der Waals surface area (Å²) in [4.78, 5) is 4.89. The molecule has 0 spiro atoms. The Labute approximate surface area is 110 Å². The molecular weight excluding hydrogens is 254 g/mol. The van der Waals surface area contributed by atoms with Crippen LogP contribution >= 0.6 is 22.4 Å². The summed E-state index contributed by atoms with van der Waals surface area (Å²) in [5.41, 5.74) is 6.72. The van der Waals surface area contributed by atoms with Crippen molar-refractivity contribution in [3.63, 3.8) is 0 Å². The summed E-state index contributed by atoms with van der Waals surface area (Å²) in [6, 6.07) is 1.12. The van der Waals surface area contributed by atoms with Crippen LogP contribution in [0.4, 0.5) is 0 Å². The van der Waals surface area contributed by atoms with Crippen molar-refractivity contribution in [2.24, 2.45) is 10.7 Å². The molecule has 2 heterocycles. The largest absolute Gasteiger partial charge is 0.398 e. The van der Waals surface area contributed by atoms with Crippen molar-refractivity contribution in [3.05, 3.63) is 22.6 Å². The highest BCUT2D eigenvalue weighted by molar-refractivity contribution is 8.49. The predicted molar refractivity (Wildman–Crippen MR) is 78.8 cm³/mol. The highest BCUT2D eigenvalue weighted by Crippen LogP contribution is 2.53. The molecule has 0 radical (unpaired) electrons. The number of hydrogen-bond acceptors (Lipinski definition) is 3. The number of fused-ring (bicyclic) bond motifs is 1. The first-order valence-corrected chi connectivity index (χ1v) is 8.12. The molecule has 3 rings (SSSR count). The van der Waals surface area contributed by atoms with E-state index in [-0.39, 0.29) is 12.4 Å². The van der Waals surface area contributed by atoms with E-state index >= 15 is 0 Å². The lowest BCUT2D eigenvalue weighted by atomic mass is 9.92. The standard InChI is InChI=1S/C12H19N3S.ClH/c1-16(7-6-9(13)8-16)12-14-10-4-2-3-5-11(10)15-12;/h6-8,10-11H,2-5,13H2,1H3,(H,14,15);1H. The third-order valence-corrected chi connectivity index (χ3v) is 6.18. The summed E-state index contributed by atoms with van der Waals surface area (Å²) >= 11 is 0. The molecule has 96 valence electrons. The number of allylic oxidation sites excluding steroid dienone is 1. The van der Waals surface area contributed by atoms with Crippen LogP contribution < -0.4 is 11.1 Å². The molecule has 3 atom stereocenters. The van der Waals surface area contributed by atoms with E-state index in [1.807, 2.05) is 6.08 Å². The molecule has 1 fully saturated rings. The van der Waals surface area contributed by atoms with Gasteiger partial charge in [-0.3, -0.25) is 4.99 Å². The lowest BCUT2D eigenvalue weighted by molar-refractivity contribution is 0.385. The quantitative estimate of drug-likeness (QED) is 0.712. The van der Waals surface area contributed by atoms with E-state index in [2.05, 4.69) is 22.4 Å². The second kappa shape index (κ2) is 4.58. The molecule has 0 aromatic carbocycles. The van der Waals surface area contributed by atoms with Crippen molar-refractivity contribution in [2.75, 3.05) is 6.26 Å². The van der Waals surface area contributed by atoms with Crippen LogP contribution in [0.1, 0.15) is 25.7 Å². The fourth-order valence-corrected chi connectivity index (χ4v) is 4.89. The molecule has 1 saturated carbocycles. The van der Waals surface area contributed by atoms with E-state index in [9.17, 15) is 0 Å². The molecule has 3 nitrogen and oxygen atoms in total. The van der Waals surface area contributed by atoms with Gasteiger partial charge in [0.2, 0.25) is 0 Å². The third-order valence-electron chi connectivity index (χ3n) is 3.66. The van der Waals surface area contributed by atoms with Crippen molar-refractivity contribution in [3.8, 4) is 0 Å². The molecule has 1 aliphatic carbocycles. The highest BCUT2D eigenvalue weighted by Gasteiger charge is 2.36. The van der Waals surface area contributed by atoms with Crippen LogP contribution in [0, 0.1) is 0 Å². The lowest BCUT2D eigenvalue weighted by Crippen LogP contribution is -2.37. The highest BCUT2D eigenvalue weighted by atomic mass is 35.5. The maximum absolute atomic E-state index is 5.84. The molecule has 0 bridgehead atoms. The maximum atomic E-state index is 5.84. The smallest absolute Gasteiger partial charge is 0.146 e. The maximum Gasteiger partial charge on any atom is 0.146 e. The molecule has 0 saturated heterocycles. The average Bonchev–Trinajstić information content (AvgIpc) is 2.83. The Morgan fingerprint density at radius 3 is 2.82 bits per heavy atom. The Morgan fingerprint density at radius 2 is 2.18 bits per heavy atom. The van der Waals surface area contributed by atoms with Crippen molar-refractivity contribution >= 4 is 27.6 Å². The van der Waals surface area contributed by atoms with E-state index in [1.54, 1.807) is 0 Å². The predicted octanol–water partition coefficient (Wildman–Crippen LogP) is 2.44. The third kappa shape index (κ3) is 2.20. The number of nitrogens with one attached hydrogen (secondary N) is 1. The first kappa shape index (κ1) is 12.8. The Hall–Kier alpha value is -0.610. The second-order valence-electron chi connectivity index (χ2n) is 5.00. The van der Waals surface area contributed by atoms with Crippen LogP contribution in [-0.4, -0.2) is 23.5 Å². The molecule has 2 aliphatic heterocycles.